The van der Waals surface area contributed by atoms with Crippen molar-refractivity contribution in [2.24, 2.45) is 0 Å². The van der Waals surface area contributed by atoms with Crippen molar-refractivity contribution < 1.29 is 0 Å². The van der Waals surface area contributed by atoms with Crippen LogP contribution < -0.4 is 19.6 Å². The molecule has 0 amide bonds. The summed E-state index contributed by atoms with van der Waals surface area (Å²) in [7, 11) is 0. The van der Waals surface area contributed by atoms with Crippen molar-refractivity contribution in [1.82, 2.24) is 0 Å². The molecular weight excluding hydrogens is 757 g/mol. The second-order valence-corrected chi connectivity index (χ2v) is 14.8. The van der Waals surface area contributed by atoms with Crippen LogP contribution in [0.1, 0.15) is 55.5 Å². The fourth-order valence-electron chi connectivity index (χ4n) is 7.78. The van der Waals surface area contributed by atoms with Crippen LogP contribution >= 0.6 is 0 Å². The smallest absolute Gasteiger partial charge is 0.194 e. The molecule has 0 saturated carbocycles. The summed E-state index contributed by atoms with van der Waals surface area (Å²) in [6.45, 7) is 20.6. The molecule has 7 aromatic rings. The summed E-state index contributed by atoms with van der Waals surface area (Å²) in [4.78, 5) is 13.0. The number of hydrogen-bond donors (Lipinski definition) is 0. The van der Waals surface area contributed by atoms with E-state index < -0.39 is 0 Å². The summed E-state index contributed by atoms with van der Waals surface area (Å²) in [5.74, 6) is 0. The van der Waals surface area contributed by atoms with E-state index in [4.69, 9.17) is 6.57 Å². The normalized spacial score (nSPS) is 11.0. The van der Waals surface area contributed by atoms with Crippen molar-refractivity contribution in [3.8, 4) is 6.07 Å². The first-order valence-corrected chi connectivity index (χ1v) is 21.4. The van der Waals surface area contributed by atoms with Gasteiger partial charge in [0.15, 0.2) is 5.69 Å². The molecule has 0 bridgehead atoms. The fourth-order valence-corrected chi connectivity index (χ4v) is 7.78. The molecule has 7 aromatic carbocycles. The van der Waals surface area contributed by atoms with Crippen LogP contribution in [0.4, 0.5) is 51.2 Å². The molecule has 0 saturated heterocycles. The van der Waals surface area contributed by atoms with E-state index in [1.54, 1.807) is 6.07 Å². The van der Waals surface area contributed by atoms with Crippen LogP contribution in [0, 0.1) is 17.9 Å². The van der Waals surface area contributed by atoms with Crippen LogP contribution in [0.15, 0.2) is 170 Å². The van der Waals surface area contributed by atoms with Crippen molar-refractivity contribution in [1.29, 1.82) is 5.26 Å². The van der Waals surface area contributed by atoms with Gasteiger partial charge in [-0.3, -0.25) is 0 Å². The molecule has 306 valence electrons. The van der Waals surface area contributed by atoms with Gasteiger partial charge in [-0.1, -0.05) is 85.0 Å². The molecule has 0 radical (unpaired) electrons. The highest BCUT2D eigenvalue weighted by Crippen LogP contribution is 2.37. The molecule has 0 spiro atoms. The molecule has 0 aliphatic carbocycles. The Hall–Kier alpha value is -7.80. The van der Waals surface area contributed by atoms with Gasteiger partial charge in [0.25, 0.3) is 0 Å². The highest BCUT2D eigenvalue weighted by molar-refractivity contribution is 5.85. The predicted octanol–water partition coefficient (Wildman–Crippen LogP) is 15.1. The largest absolute Gasteiger partial charge is 0.372 e. The van der Waals surface area contributed by atoms with E-state index in [0.717, 1.165) is 71.4 Å². The number of para-hydroxylation sites is 2. The third-order valence-electron chi connectivity index (χ3n) is 11.2. The molecule has 0 aromatic heterocycles. The highest BCUT2D eigenvalue weighted by Gasteiger charge is 2.15. The van der Waals surface area contributed by atoms with Gasteiger partial charge in [0.05, 0.1) is 18.2 Å². The second-order valence-electron chi connectivity index (χ2n) is 14.8. The fraction of sp³-hybridized carbons (Fsp3) is 0.143. The Morgan fingerprint density at radius 1 is 0.435 bits per heavy atom. The van der Waals surface area contributed by atoms with Gasteiger partial charge in [0.2, 0.25) is 0 Å². The minimum atomic E-state index is 0.487. The molecule has 0 aliphatic heterocycles. The predicted molar refractivity (Wildman–Crippen MR) is 265 cm³/mol. The number of nitriles is 1. The van der Waals surface area contributed by atoms with E-state index in [2.05, 4.69) is 204 Å². The Labute approximate surface area is 368 Å². The van der Waals surface area contributed by atoms with E-state index in [-0.39, 0.29) is 0 Å². The van der Waals surface area contributed by atoms with E-state index in [1.807, 2.05) is 42.5 Å². The average Bonchev–Trinajstić information content (AvgIpc) is 3.33. The van der Waals surface area contributed by atoms with Crippen molar-refractivity contribution >= 4 is 75.5 Å². The monoisotopic (exact) mass is 808 g/mol. The van der Waals surface area contributed by atoms with Crippen molar-refractivity contribution in [3.05, 3.63) is 209 Å². The molecule has 0 aliphatic rings. The van der Waals surface area contributed by atoms with Gasteiger partial charge in [0, 0.05) is 71.7 Å². The van der Waals surface area contributed by atoms with Gasteiger partial charge in [0.1, 0.15) is 0 Å². The van der Waals surface area contributed by atoms with Gasteiger partial charge in [-0.05, 0) is 159 Å². The van der Waals surface area contributed by atoms with E-state index in [0.29, 0.717) is 22.4 Å². The summed E-state index contributed by atoms with van der Waals surface area (Å²) in [5.41, 5.74) is 13.2. The van der Waals surface area contributed by atoms with Crippen LogP contribution in [0.2, 0.25) is 0 Å². The summed E-state index contributed by atoms with van der Waals surface area (Å²) < 4.78 is 0. The van der Waals surface area contributed by atoms with E-state index in [1.165, 1.54) is 11.4 Å². The molecule has 7 rings (SSSR count). The average molecular weight is 809 g/mol. The first-order chi connectivity index (χ1) is 30.5. The maximum atomic E-state index is 10.2. The second kappa shape index (κ2) is 20.4. The number of benzene rings is 7. The van der Waals surface area contributed by atoms with Crippen molar-refractivity contribution in [2.75, 3.05) is 45.8 Å². The zero-order valence-corrected chi connectivity index (χ0v) is 36.0. The van der Waals surface area contributed by atoms with Crippen LogP contribution in [-0.2, 0) is 0 Å². The topological polar surface area (TPSA) is 41.1 Å². The Balaban J connectivity index is 1.09. The molecule has 0 N–H and O–H groups in total. The molecule has 6 heteroatoms. The number of anilines is 8. The summed E-state index contributed by atoms with van der Waals surface area (Å²) in [5, 5.41) is 10.2. The van der Waals surface area contributed by atoms with Gasteiger partial charge < -0.3 is 19.6 Å². The number of hydrogen-bond acceptors (Lipinski definition) is 5. The lowest BCUT2D eigenvalue weighted by atomic mass is 10.0. The molecule has 0 unspecified atom stereocenters. The molecule has 0 heterocycles. The highest BCUT2D eigenvalue weighted by atomic mass is 15.2. The van der Waals surface area contributed by atoms with Gasteiger partial charge in [-0.25, -0.2) is 4.85 Å². The van der Waals surface area contributed by atoms with Gasteiger partial charge in [-0.15, -0.1) is 0 Å². The van der Waals surface area contributed by atoms with Gasteiger partial charge in [-0.2, -0.15) is 5.26 Å². The third-order valence-corrected chi connectivity index (χ3v) is 11.2. The van der Waals surface area contributed by atoms with Crippen LogP contribution in [0.3, 0.4) is 0 Å². The summed E-state index contributed by atoms with van der Waals surface area (Å²) in [6.07, 6.45) is 7.83. The first kappa shape index (κ1) is 42.3. The SMILES string of the molecule is [C-]#[N+]c1cc(C=Cc2ccc(N(c3ccccc3)c3ccc(N(CC)CC)cc3)cc2)c(C#N)cc1C=Cc1ccc(N(c2ccccc2)c2ccc(N(CC)CC)cc2)cc1. The zero-order valence-electron chi connectivity index (χ0n) is 36.0. The summed E-state index contributed by atoms with van der Waals surface area (Å²) >= 11 is 0. The Morgan fingerprint density at radius 3 is 1.13 bits per heavy atom. The Bertz CT molecular complexity index is 2470. The van der Waals surface area contributed by atoms with E-state index in [9.17, 15) is 5.26 Å². The lowest BCUT2D eigenvalue weighted by Gasteiger charge is -2.27. The number of nitrogens with zero attached hydrogens (tertiary/aromatic N) is 6. The summed E-state index contributed by atoms with van der Waals surface area (Å²) in [6, 6.07) is 61.0. The molecular formula is C56H52N6. The molecule has 0 fully saturated rings. The van der Waals surface area contributed by atoms with Crippen LogP contribution in [-0.4, -0.2) is 26.2 Å². The standard InChI is InChI=1S/C56H52N6/c1-6-59(7-2)48-32-36-54(37-33-48)61(50-16-12-10-13-17-50)52-28-22-43(23-29-52)20-26-45-41-56(58-5)46(40-47(45)42-57)27-21-44-24-30-53(31-25-44)62(51-18-14-11-15-19-51)55-38-34-49(35-39-55)60(8-3)9-4/h10-41H,6-9H2,1-4H3. The molecule has 6 nitrogen and oxygen atoms in total. The van der Waals surface area contributed by atoms with Gasteiger partial charge >= 0.3 is 0 Å². The Morgan fingerprint density at radius 2 is 0.774 bits per heavy atom. The molecule has 62 heavy (non-hydrogen) atoms. The quantitative estimate of drug-likeness (QED) is 0.0718. The lowest BCUT2D eigenvalue weighted by Crippen LogP contribution is -2.21. The van der Waals surface area contributed by atoms with E-state index >= 15 is 0 Å². The minimum Gasteiger partial charge on any atom is -0.372 e. The maximum Gasteiger partial charge on any atom is 0.194 e. The third kappa shape index (κ3) is 9.79. The molecule has 0 atom stereocenters. The first-order valence-electron chi connectivity index (χ1n) is 21.4. The van der Waals surface area contributed by atoms with Crippen molar-refractivity contribution in [3.63, 3.8) is 0 Å². The van der Waals surface area contributed by atoms with Crippen molar-refractivity contribution in [2.45, 2.75) is 27.7 Å². The van der Waals surface area contributed by atoms with Crippen LogP contribution in [0.25, 0.3) is 29.1 Å². The Kier molecular flexibility index (Phi) is 14.0. The van der Waals surface area contributed by atoms with Crippen LogP contribution in [0.5, 0.6) is 0 Å². The number of rotatable bonds is 16. The maximum absolute atomic E-state index is 10.2. The zero-order chi connectivity index (χ0) is 43.3. The minimum absolute atomic E-state index is 0.487. The lowest BCUT2D eigenvalue weighted by molar-refractivity contribution is 0.866.